The molecule has 1 N–H and O–H groups in total. The fraction of sp³-hybridized carbons (Fsp3) is 0.375. The second-order valence-electron chi connectivity index (χ2n) is 3.01. The van der Waals surface area contributed by atoms with Crippen molar-refractivity contribution in [3.05, 3.63) is 26.9 Å². The highest BCUT2D eigenvalue weighted by molar-refractivity contribution is 14.2. The van der Waals surface area contributed by atoms with Crippen LogP contribution >= 0.6 is 21.3 Å². The minimum absolute atomic E-state index is 0.260. The summed E-state index contributed by atoms with van der Waals surface area (Å²) in [6.45, 7) is 2.54. The molecule has 80 valence electrons. The summed E-state index contributed by atoms with van der Waals surface area (Å²) in [6, 6.07) is 0. The van der Waals surface area contributed by atoms with Crippen molar-refractivity contribution in [1.82, 2.24) is 9.55 Å². The van der Waals surface area contributed by atoms with E-state index in [9.17, 15) is 9.59 Å². The van der Waals surface area contributed by atoms with E-state index in [-0.39, 0.29) is 5.56 Å². The summed E-state index contributed by atoms with van der Waals surface area (Å²) >= 11 is -0.596. The Morgan fingerprint density at radius 2 is 2.33 bits per heavy atom. The average Bonchev–Trinajstić information content (AvgIpc) is 2.66. The van der Waals surface area contributed by atoms with E-state index in [1.165, 1.54) is 4.57 Å². The Labute approximate surface area is 95.9 Å². The van der Waals surface area contributed by atoms with Gasteiger partial charge in [0.25, 0.3) is 11.1 Å². The van der Waals surface area contributed by atoms with Gasteiger partial charge in [0.05, 0.1) is 6.20 Å². The molecule has 0 spiro atoms. The molecule has 0 saturated heterocycles. The van der Waals surface area contributed by atoms with Gasteiger partial charge in [-0.25, -0.2) is 4.98 Å². The lowest BCUT2D eigenvalue weighted by atomic mass is 10.4. The molecule has 15 heavy (non-hydrogen) atoms. The van der Waals surface area contributed by atoms with Gasteiger partial charge in [0.1, 0.15) is 21.3 Å². The molecule has 0 saturated carbocycles. The van der Waals surface area contributed by atoms with Crippen LogP contribution in [0.1, 0.15) is 13.3 Å². The molecule has 1 aromatic heterocycles. The Hall–Kier alpha value is -1.12. The number of fused-ring (bicyclic) bond motifs is 1. The van der Waals surface area contributed by atoms with E-state index < -0.39 is 26.9 Å². The molecule has 0 unspecified atom stereocenters. The summed E-state index contributed by atoms with van der Waals surface area (Å²) in [7, 11) is 0. The van der Waals surface area contributed by atoms with Crippen LogP contribution < -0.4 is 14.6 Å². The van der Waals surface area contributed by atoms with E-state index in [1.807, 2.05) is 6.92 Å². The van der Waals surface area contributed by atoms with Crippen molar-refractivity contribution in [1.29, 1.82) is 0 Å². The van der Waals surface area contributed by atoms with Crippen LogP contribution in [0.25, 0.3) is 0 Å². The monoisotopic (exact) mass is 320 g/mol. The van der Waals surface area contributed by atoms with Crippen LogP contribution in [0.15, 0.2) is 18.9 Å². The van der Waals surface area contributed by atoms with Crippen LogP contribution in [-0.2, 0) is 6.54 Å². The molecule has 1 aromatic rings. The first kappa shape index (κ1) is 10.4. The van der Waals surface area contributed by atoms with E-state index in [0.717, 1.165) is 12.6 Å². The highest BCUT2D eigenvalue weighted by Crippen LogP contribution is 2.31. The third-order valence-electron chi connectivity index (χ3n) is 1.96. The molecule has 0 radical (unpaired) electrons. The molecule has 1 aliphatic rings. The zero-order chi connectivity index (χ0) is 10.8. The number of nitrogens with one attached hydrogen (secondary N) is 1. The molecular formula is C8H9IN4O2. The summed E-state index contributed by atoms with van der Waals surface area (Å²) in [6.07, 6.45) is 1.89. The third kappa shape index (κ3) is 1.83. The summed E-state index contributed by atoms with van der Waals surface area (Å²) in [5.41, 5.74) is -0.385. The Morgan fingerprint density at radius 3 is 3.07 bits per heavy atom. The van der Waals surface area contributed by atoms with Crippen molar-refractivity contribution in [2.45, 2.75) is 19.9 Å². The van der Waals surface area contributed by atoms with Crippen LogP contribution in [0.2, 0.25) is 0 Å². The predicted octanol–water partition coefficient (Wildman–Crippen LogP) is 1.14. The van der Waals surface area contributed by atoms with Crippen molar-refractivity contribution < 1.29 is 0 Å². The van der Waals surface area contributed by atoms with E-state index in [0.29, 0.717) is 18.1 Å². The van der Waals surface area contributed by atoms with E-state index in [2.05, 4.69) is 11.7 Å². The summed E-state index contributed by atoms with van der Waals surface area (Å²) in [4.78, 5) is 26.6. The van der Waals surface area contributed by atoms with Gasteiger partial charge in [0.15, 0.2) is 11.5 Å². The number of nitrogens with zero attached hydrogens (tertiary/aromatic N) is 3. The van der Waals surface area contributed by atoms with Gasteiger partial charge in [-0.3, -0.25) is 14.2 Å². The minimum atomic E-state index is -0.596. The maximum Gasteiger partial charge on any atom is 0.300 e. The van der Waals surface area contributed by atoms with Crippen molar-refractivity contribution in [3.8, 4) is 0 Å². The Kier molecular flexibility index (Phi) is 2.89. The first-order valence-electron chi connectivity index (χ1n) is 4.48. The minimum Gasteiger partial charge on any atom is -0.303 e. The van der Waals surface area contributed by atoms with Crippen LogP contribution in [0, 0.1) is 0 Å². The lowest BCUT2D eigenvalue weighted by Crippen LogP contribution is -2.18. The van der Waals surface area contributed by atoms with Gasteiger partial charge in [-0.05, 0) is 6.42 Å². The fourth-order valence-corrected chi connectivity index (χ4v) is 2.88. The topological polar surface area (TPSA) is 76.3 Å². The van der Waals surface area contributed by atoms with Crippen LogP contribution in [0.3, 0.4) is 0 Å². The van der Waals surface area contributed by atoms with Gasteiger partial charge in [-0.15, -0.1) is 0 Å². The molecule has 0 amide bonds. The normalized spacial score (nSPS) is 12.9. The van der Waals surface area contributed by atoms with Gasteiger partial charge in [-0.2, -0.15) is 3.15 Å². The lowest BCUT2D eigenvalue weighted by Gasteiger charge is -2.04. The summed E-state index contributed by atoms with van der Waals surface area (Å²) in [5, 5.41) is 0. The summed E-state index contributed by atoms with van der Waals surface area (Å²) < 4.78 is 8.64. The highest BCUT2D eigenvalue weighted by Gasteiger charge is 2.15. The van der Waals surface area contributed by atoms with Gasteiger partial charge in [0.2, 0.25) is 0 Å². The van der Waals surface area contributed by atoms with E-state index in [4.69, 9.17) is 0 Å². The van der Waals surface area contributed by atoms with Crippen molar-refractivity contribution in [2.24, 2.45) is 3.15 Å². The Balaban J connectivity index is 2.78. The second kappa shape index (κ2) is 4.17. The third-order valence-corrected chi connectivity index (χ3v) is 3.44. The Morgan fingerprint density at radius 1 is 1.53 bits per heavy atom. The van der Waals surface area contributed by atoms with Crippen LogP contribution in [0.4, 0.5) is 11.5 Å². The molecular weight excluding hydrogens is 311 g/mol. The molecule has 6 nitrogen and oxygen atoms in total. The van der Waals surface area contributed by atoms with Gasteiger partial charge < -0.3 is 3.53 Å². The lowest BCUT2D eigenvalue weighted by molar-refractivity contribution is 0.667. The summed E-state index contributed by atoms with van der Waals surface area (Å²) in [5.74, 6) is 0.539. The quantitative estimate of drug-likeness (QED) is 0.655. The predicted molar refractivity (Wildman–Crippen MR) is 64.8 cm³/mol. The number of hydrogen-bond acceptors (Lipinski definition) is 5. The van der Waals surface area contributed by atoms with Crippen molar-refractivity contribution in [3.63, 3.8) is 0 Å². The SMILES string of the molecule is CCCn1c2c(c(=O)ncc1=O)N=IN2. The largest absolute Gasteiger partial charge is 0.303 e. The van der Waals surface area contributed by atoms with Crippen molar-refractivity contribution >= 4 is 32.8 Å². The number of halogens is 1. The maximum absolute atomic E-state index is 11.6. The molecule has 1 aliphatic heterocycles. The number of hydrogen-bond donors (Lipinski definition) is 1. The molecule has 0 atom stereocenters. The number of anilines is 1. The maximum atomic E-state index is 11.6. The van der Waals surface area contributed by atoms with Crippen molar-refractivity contribution in [2.75, 3.05) is 3.53 Å². The van der Waals surface area contributed by atoms with E-state index in [1.54, 1.807) is 0 Å². The molecule has 0 aromatic carbocycles. The van der Waals surface area contributed by atoms with Gasteiger partial charge in [0, 0.05) is 6.54 Å². The zero-order valence-corrected chi connectivity index (χ0v) is 10.2. The first-order chi connectivity index (χ1) is 7.24. The fourth-order valence-electron chi connectivity index (χ4n) is 1.30. The van der Waals surface area contributed by atoms with E-state index >= 15 is 0 Å². The number of rotatable bonds is 2. The molecule has 7 heteroatoms. The van der Waals surface area contributed by atoms with Crippen LogP contribution in [-0.4, -0.2) is 9.55 Å². The highest BCUT2D eigenvalue weighted by atomic mass is 127. The second-order valence-corrected chi connectivity index (χ2v) is 4.52. The Bertz CT molecular complexity index is 537. The molecule has 0 bridgehead atoms. The van der Waals surface area contributed by atoms with Crippen LogP contribution in [0.5, 0.6) is 0 Å². The average molecular weight is 320 g/mol. The molecule has 0 aliphatic carbocycles. The zero-order valence-electron chi connectivity index (χ0n) is 8.03. The standard InChI is InChI=1S/C8H9IN4O2/c1-2-3-13-5(14)4-10-8(15)6-7(13)12-9-11-6/h4H,2-3H2,1H3,(H,11,12). The molecule has 0 fully saturated rings. The molecule has 2 rings (SSSR count). The van der Waals surface area contributed by atoms with Gasteiger partial charge in [-0.1, -0.05) is 6.92 Å². The number of aromatic nitrogens is 2. The first-order valence-corrected chi connectivity index (χ1v) is 6.52. The molecule has 2 heterocycles. The van der Waals surface area contributed by atoms with Gasteiger partial charge >= 0.3 is 0 Å². The smallest absolute Gasteiger partial charge is 0.300 e.